The van der Waals surface area contributed by atoms with Gasteiger partial charge in [0.25, 0.3) is 0 Å². The molecule has 1 aliphatic rings. The highest BCUT2D eigenvalue weighted by Gasteiger charge is 2.29. The molecular weight excluding hydrogens is 280 g/mol. The molecule has 22 heavy (non-hydrogen) atoms. The van der Waals surface area contributed by atoms with Crippen LogP contribution >= 0.6 is 0 Å². The van der Waals surface area contributed by atoms with Crippen LogP contribution in [0.5, 0.6) is 0 Å². The lowest BCUT2D eigenvalue weighted by Gasteiger charge is -2.18. The van der Waals surface area contributed by atoms with Crippen LogP contribution < -0.4 is 5.32 Å². The van der Waals surface area contributed by atoms with Crippen molar-refractivity contribution in [3.8, 4) is 11.4 Å². The maximum absolute atomic E-state index is 11.3. The van der Waals surface area contributed by atoms with Crippen LogP contribution in [0.2, 0.25) is 0 Å². The lowest BCUT2D eigenvalue weighted by molar-refractivity contribution is -0.139. The second-order valence-corrected chi connectivity index (χ2v) is 5.34. The summed E-state index contributed by atoms with van der Waals surface area (Å²) >= 11 is 0. The number of imidazole rings is 1. The van der Waals surface area contributed by atoms with Gasteiger partial charge in [0.15, 0.2) is 6.04 Å². The number of aliphatic carboxylic acids is 1. The number of fused-ring (bicyclic) bond motifs is 2. The zero-order chi connectivity index (χ0) is 15.1. The molecule has 1 unspecified atom stereocenters. The van der Waals surface area contributed by atoms with E-state index in [1.54, 1.807) is 6.20 Å². The number of hydrogen-bond donors (Lipinski definition) is 3. The Labute approximate surface area is 126 Å². The molecular formula is C16H14N4O2. The van der Waals surface area contributed by atoms with E-state index in [1.807, 2.05) is 30.3 Å². The standard InChI is InChI=1S/C16H14N4O2/c21-16(22)14-13-12(5-7-18-14)19-15(20-13)10-3-4-11-9(8-10)2-1-6-17-11/h1-4,6,8,14,18H,5,7H2,(H,19,20)(H,21,22). The summed E-state index contributed by atoms with van der Waals surface area (Å²) in [5.41, 5.74) is 3.33. The van der Waals surface area contributed by atoms with Crippen molar-refractivity contribution in [1.29, 1.82) is 0 Å². The second kappa shape index (κ2) is 4.92. The van der Waals surface area contributed by atoms with E-state index in [-0.39, 0.29) is 0 Å². The number of nitrogens with zero attached hydrogens (tertiary/aromatic N) is 2. The fraction of sp³-hybridized carbons (Fsp3) is 0.188. The van der Waals surface area contributed by atoms with Gasteiger partial charge in [-0.15, -0.1) is 0 Å². The molecule has 1 aromatic carbocycles. The number of carbonyl (C=O) groups is 1. The van der Waals surface area contributed by atoms with Crippen molar-refractivity contribution in [2.24, 2.45) is 0 Å². The molecule has 0 amide bonds. The van der Waals surface area contributed by atoms with E-state index in [1.165, 1.54) is 0 Å². The van der Waals surface area contributed by atoms with Crippen LogP contribution in [0.4, 0.5) is 0 Å². The molecule has 2 aromatic heterocycles. The Balaban J connectivity index is 1.80. The molecule has 0 aliphatic carbocycles. The van der Waals surface area contributed by atoms with Gasteiger partial charge in [0.2, 0.25) is 0 Å². The summed E-state index contributed by atoms with van der Waals surface area (Å²) in [6.07, 6.45) is 2.51. The topological polar surface area (TPSA) is 90.9 Å². The van der Waals surface area contributed by atoms with E-state index < -0.39 is 12.0 Å². The molecule has 3 aromatic rings. The Bertz CT molecular complexity index is 871. The van der Waals surface area contributed by atoms with Gasteiger partial charge in [0.05, 0.1) is 11.2 Å². The largest absolute Gasteiger partial charge is 0.480 e. The second-order valence-electron chi connectivity index (χ2n) is 5.34. The maximum Gasteiger partial charge on any atom is 0.327 e. The first-order chi connectivity index (χ1) is 10.7. The zero-order valence-electron chi connectivity index (χ0n) is 11.7. The number of carboxylic acids is 1. The number of pyridine rings is 1. The van der Waals surface area contributed by atoms with E-state index >= 15 is 0 Å². The number of hydrogen-bond acceptors (Lipinski definition) is 4. The molecule has 0 saturated heterocycles. The number of H-pyrrole nitrogens is 1. The summed E-state index contributed by atoms with van der Waals surface area (Å²) in [6.45, 7) is 0.632. The van der Waals surface area contributed by atoms with Crippen molar-refractivity contribution in [2.75, 3.05) is 6.54 Å². The molecule has 110 valence electrons. The van der Waals surface area contributed by atoms with Crippen LogP contribution in [0.25, 0.3) is 22.3 Å². The molecule has 0 radical (unpaired) electrons. The van der Waals surface area contributed by atoms with Gasteiger partial charge in [-0.25, -0.2) is 4.98 Å². The third-order valence-electron chi connectivity index (χ3n) is 3.93. The number of rotatable bonds is 2. The van der Waals surface area contributed by atoms with E-state index in [9.17, 15) is 9.90 Å². The lowest BCUT2D eigenvalue weighted by atomic mass is 10.1. The first kappa shape index (κ1) is 13.0. The molecule has 4 rings (SSSR count). The van der Waals surface area contributed by atoms with Gasteiger partial charge in [0.1, 0.15) is 5.82 Å². The van der Waals surface area contributed by atoms with E-state index in [4.69, 9.17) is 0 Å². The highest BCUT2D eigenvalue weighted by atomic mass is 16.4. The molecule has 6 heteroatoms. The Morgan fingerprint density at radius 1 is 1.32 bits per heavy atom. The van der Waals surface area contributed by atoms with Crippen molar-refractivity contribution >= 4 is 16.9 Å². The minimum Gasteiger partial charge on any atom is -0.480 e. The molecule has 1 aliphatic heterocycles. The number of aromatic amines is 1. The molecule has 3 heterocycles. The number of aromatic nitrogens is 3. The Morgan fingerprint density at radius 2 is 2.23 bits per heavy atom. The van der Waals surface area contributed by atoms with Crippen molar-refractivity contribution < 1.29 is 9.90 Å². The van der Waals surface area contributed by atoms with Crippen LogP contribution in [-0.4, -0.2) is 32.6 Å². The van der Waals surface area contributed by atoms with Crippen LogP contribution in [0.15, 0.2) is 36.5 Å². The smallest absolute Gasteiger partial charge is 0.327 e. The fourth-order valence-corrected chi connectivity index (χ4v) is 2.85. The van der Waals surface area contributed by atoms with E-state index in [0.29, 0.717) is 18.1 Å². The fourth-order valence-electron chi connectivity index (χ4n) is 2.85. The number of nitrogens with one attached hydrogen (secondary N) is 2. The van der Waals surface area contributed by atoms with Crippen molar-refractivity contribution in [3.63, 3.8) is 0 Å². The first-order valence-corrected chi connectivity index (χ1v) is 7.12. The van der Waals surface area contributed by atoms with Crippen molar-refractivity contribution in [1.82, 2.24) is 20.3 Å². The van der Waals surface area contributed by atoms with Gasteiger partial charge in [-0.1, -0.05) is 6.07 Å². The summed E-state index contributed by atoms with van der Waals surface area (Å²) in [5.74, 6) is -0.201. The van der Waals surface area contributed by atoms with Gasteiger partial charge in [0, 0.05) is 35.8 Å². The lowest BCUT2D eigenvalue weighted by Crippen LogP contribution is -2.35. The van der Waals surface area contributed by atoms with Gasteiger partial charge in [-0.2, -0.15) is 0 Å². The molecule has 3 N–H and O–H groups in total. The highest BCUT2D eigenvalue weighted by molar-refractivity contribution is 5.83. The Kier molecular flexibility index (Phi) is 2.90. The van der Waals surface area contributed by atoms with Crippen molar-refractivity contribution in [3.05, 3.63) is 47.9 Å². The van der Waals surface area contributed by atoms with E-state index in [0.717, 1.165) is 28.6 Å². The zero-order valence-corrected chi connectivity index (χ0v) is 11.7. The average Bonchev–Trinajstić information content (AvgIpc) is 2.98. The third-order valence-corrected chi connectivity index (χ3v) is 3.93. The van der Waals surface area contributed by atoms with Crippen molar-refractivity contribution in [2.45, 2.75) is 12.5 Å². The molecule has 0 spiro atoms. The predicted molar refractivity (Wildman–Crippen MR) is 81.4 cm³/mol. The Hall–Kier alpha value is -2.73. The van der Waals surface area contributed by atoms with Crippen LogP contribution in [0.3, 0.4) is 0 Å². The van der Waals surface area contributed by atoms with Gasteiger partial charge in [-0.05, 0) is 24.3 Å². The predicted octanol–water partition coefficient (Wildman–Crippen LogP) is 1.90. The average molecular weight is 294 g/mol. The molecule has 0 bridgehead atoms. The molecule has 1 atom stereocenters. The summed E-state index contributed by atoms with van der Waals surface area (Å²) in [6, 6.07) is 9.05. The first-order valence-electron chi connectivity index (χ1n) is 7.12. The van der Waals surface area contributed by atoms with Crippen LogP contribution in [0, 0.1) is 0 Å². The van der Waals surface area contributed by atoms with Gasteiger partial charge < -0.3 is 10.1 Å². The number of benzene rings is 1. The SMILES string of the molecule is O=C(O)C1NCCc2[nH]c(-c3ccc4ncccc4c3)nc21. The van der Waals surface area contributed by atoms with E-state index in [2.05, 4.69) is 20.3 Å². The highest BCUT2D eigenvalue weighted by Crippen LogP contribution is 2.27. The summed E-state index contributed by atoms with van der Waals surface area (Å²) in [4.78, 5) is 23.4. The maximum atomic E-state index is 11.3. The molecule has 0 saturated carbocycles. The minimum absolute atomic E-state index is 0.583. The van der Waals surface area contributed by atoms with Gasteiger partial charge in [-0.3, -0.25) is 15.1 Å². The summed E-state index contributed by atoms with van der Waals surface area (Å²) < 4.78 is 0. The van der Waals surface area contributed by atoms with Gasteiger partial charge >= 0.3 is 5.97 Å². The van der Waals surface area contributed by atoms with Crippen LogP contribution in [-0.2, 0) is 11.2 Å². The summed E-state index contributed by atoms with van der Waals surface area (Å²) in [5, 5.41) is 13.3. The normalized spacial score (nSPS) is 17.4. The monoisotopic (exact) mass is 294 g/mol. The molecule has 0 fully saturated rings. The quantitative estimate of drug-likeness (QED) is 0.671. The Morgan fingerprint density at radius 3 is 3.09 bits per heavy atom. The number of carboxylic acid groups (broad SMARTS) is 1. The summed E-state index contributed by atoms with van der Waals surface area (Å²) in [7, 11) is 0. The van der Waals surface area contributed by atoms with Crippen LogP contribution in [0.1, 0.15) is 17.4 Å². The third kappa shape index (κ3) is 2.05. The minimum atomic E-state index is -0.901. The molecule has 6 nitrogen and oxygen atoms in total.